The van der Waals surface area contributed by atoms with Crippen molar-refractivity contribution in [3.8, 4) is 0 Å². The highest BCUT2D eigenvalue weighted by atomic mass is 16.2. The summed E-state index contributed by atoms with van der Waals surface area (Å²) in [6.45, 7) is 6.89. The first-order chi connectivity index (χ1) is 10.4. The molecule has 0 saturated carbocycles. The van der Waals surface area contributed by atoms with Crippen LogP contribution < -0.4 is 0 Å². The van der Waals surface area contributed by atoms with E-state index < -0.39 is 0 Å². The molecule has 1 aromatic heterocycles. The minimum atomic E-state index is -0.193. The lowest BCUT2D eigenvalue weighted by molar-refractivity contribution is -0.136. The number of aryl methyl sites for hydroxylation is 2. The van der Waals surface area contributed by atoms with Crippen LogP contribution in [0.25, 0.3) is 0 Å². The molecular weight excluding hydrogens is 274 g/mol. The molecule has 0 N–H and O–H groups in total. The van der Waals surface area contributed by atoms with Gasteiger partial charge in [-0.2, -0.15) is 5.10 Å². The van der Waals surface area contributed by atoms with E-state index in [9.17, 15) is 4.79 Å². The van der Waals surface area contributed by atoms with E-state index in [1.807, 2.05) is 42.5 Å². The summed E-state index contributed by atoms with van der Waals surface area (Å²) in [6, 6.07) is 10.1. The molecule has 0 atom stereocenters. The van der Waals surface area contributed by atoms with E-state index in [2.05, 4.69) is 38.0 Å². The molecule has 0 spiro atoms. The van der Waals surface area contributed by atoms with Gasteiger partial charge in [0, 0.05) is 31.7 Å². The van der Waals surface area contributed by atoms with Gasteiger partial charge in [-0.25, -0.2) is 0 Å². The van der Waals surface area contributed by atoms with Crippen LogP contribution in [0.2, 0.25) is 0 Å². The molecule has 0 fully saturated rings. The van der Waals surface area contributed by atoms with Crippen LogP contribution in [0.3, 0.4) is 0 Å². The molecule has 1 heterocycles. The van der Waals surface area contributed by atoms with Gasteiger partial charge in [-0.3, -0.25) is 9.48 Å². The third kappa shape index (κ3) is 4.45. The molecular formula is C18H25N3O. The topological polar surface area (TPSA) is 38.1 Å². The smallest absolute Gasteiger partial charge is 0.223 e. The second-order valence-corrected chi connectivity index (χ2v) is 6.66. The van der Waals surface area contributed by atoms with Crippen molar-refractivity contribution in [2.75, 3.05) is 0 Å². The van der Waals surface area contributed by atoms with Crippen LogP contribution in [-0.2, 0) is 24.8 Å². The summed E-state index contributed by atoms with van der Waals surface area (Å²) >= 11 is 0. The Kier molecular flexibility index (Phi) is 5.01. The first-order valence-electron chi connectivity index (χ1n) is 7.68. The molecule has 0 aliphatic carbocycles. The minimum absolute atomic E-state index is 0.181. The Bertz CT molecular complexity index is 611. The van der Waals surface area contributed by atoms with E-state index in [-0.39, 0.29) is 11.4 Å². The Hall–Kier alpha value is -2.10. The zero-order valence-electron chi connectivity index (χ0n) is 13.9. The number of aromatic nitrogens is 2. The SMILES string of the molecule is Cn1cc(CCC(=O)N(Cc2ccccc2)C(C)(C)C)cn1. The number of carbonyl (C=O) groups excluding carboxylic acids is 1. The summed E-state index contributed by atoms with van der Waals surface area (Å²) in [4.78, 5) is 14.6. The van der Waals surface area contributed by atoms with Gasteiger partial charge in [-0.1, -0.05) is 30.3 Å². The Morgan fingerprint density at radius 2 is 1.86 bits per heavy atom. The van der Waals surface area contributed by atoms with Crippen LogP contribution in [-0.4, -0.2) is 26.1 Å². The van der Waals surface area contributed by atoms with Gasteiger partial charge in [0.1, 0.15) is 0 Å². The van der Waals surface area contributed by atoms with E-state index in [0.29, 0.717) is 13.0 Å². The molecule has 0 radical (unpaired) electrons. The molecule has 0 aliphatic heterocycles. The maximum absolute atomic E-state index is 12.7. The van der Waals surface area contributed by atoms with Crippen molar-refractivity contribution in [2.45, 2.75) is 45.7 Å². The van der Waals surface area contributed by atoms with Crippen molar-refractivity contribution < 1.29 is 4.79 Å². The zero-order chi connectivity index (χ0) is 16.2. The minimum Gasteiger partial charge on any atom is -0.334 e. The van der Waals surface area contributed by atoms with Gasteiger partial charge in [0.05, 0.1) is 6.20 Å². The Labute approximate surface area is 132 Å². The van der Waals surface area contributed by atoms with Crippen molar-refractivity contribution in [1.82, 2.24) is 14.7 Å². The largest absolute Gasteiger partial charge is 0.334 e. The molecule has 2 rings (SSSR count). The van der Waals surface area contributed by atoms with E-state index in [4.69, 9.17) is 0 Å². The Morgan fingerprint density at radius 3 is 2.41 bits per heavy atom. The van der Waals surface area contributed by atoms with Crippen LogP contribution in [0.1, 0.15) is 38.3 Å². The van der Waals surface area contributed by atoms with E-state index >= 15 is 0 Å². The van der Waals surface area contributed by atoms with Gasteiger partial charge in [0.2, 0.25) is 5.91 Å². The third-order valence-corrected chi connectivity index (χ3v) is 3.68. The van der Waals surface area contributed by atoms with Crippen molar-refractivity contribution in [2.24, 2.45) is 7.05 Å². The lowest BCUT2D eigenvalue weighted by atomic mass is 10.0. The molecule has 4 nitrogen and oxygen atoms in total. The molecule has 118 valence electrons. The number of hydrogen-bond donors (Lipinski definition) is 0. The zero-order valence-corrected chi connectivity index (χ0v) is 13.9. The fourth-order valence-corrected chi connectivity index (χ4v) is 2.45. The second kappa shape index (κ2) is 6.77. The predicted octanol–water partition coefficient (Wildman–Crippen LogP) is 3.18. The van der Waals surface area contributed by atoms with Crippen LogP contribution in [0.4, 0.5) is 0 Å². The highest BCUT2D eigenvalue weighted by molar-refractivity contribution is 5.77. The van der Waals surface area contributed by atoms with Crippen LogP contribution in [0.15, 0.2) is 42.7 Å². The standard InChI is InChI=1S/C18H25N3O/c1-18(2,3)21(14-15-8-6-5-7-9-15)17(22)11-10-16-12-19-20(4)13-16/h5-9,12-13H,10-11,14H2,1-4H3. The first kappa shape index (κ1) is 16.3. The molecule has 0 bridgehead atoms. The number of nitrogens with zero attached hydrogens (tertiary/aromatic N) is 3. The summed E-state index contributed by atoms with van der Waals surface area (Å²) in [5, 5.41) is 4.15. The molecule has 2 aromatic rings. The fraction of sp³-hybridized carbons (Fsp3) is 0.444. The second-order valence-electron chi connectivity index (χ2n) is 6.66. The van der Waals surface area contributed by atoms with Crippen LogP contribution in [0, 0.1) is 0 Å². The summed E-state index contributed by atoms with van der Waals surface area (Å²) < 4.78 is 1.77. The maximum Gasteiger partial charge on any atom is 0.223 e. The van der Waals surface area contributed by atoms with Crippen molar-refractivity contribution in [3.63, 3.8) is 0 Å². The number of rotatable bonds is 5. The number of carbonyl (C=O) groups is 1. The van der Waals surface area contributed by atoms with Gasteiger partial charge >= 0.3 is 0 Å². The highest BCUT2D eigenvalue weighted by Gasteiger charge is 2.26. The Morgan fingerprint density at radius 1 is 1.18 bits per heavy atom. The lowest BCUT2D eigenvalue weighted by Gasteiger charge is -2.36. The monoisotopic (exact) mass is 299 g/mol. The van der Waals surface area contributed by atoms with Crippen LogP contribution in [0.5, 0.6) is 0 Å². The predicted molar refractivity (Wildman–Crippen MR) is 88.3 cm³/mol. The van der Waals surface area contributed by atoms with Crippen molar-refractivity contribution >= 4 is 5.91 Å². The van der Waals surface area contributed by atoms with Gasteiger partial charge < -0.3 is 4.90 Å². The number of hydrogen-bond acceptors (Lipinski definition) is 2. The van der Waals surface area contributed by atoms with Gasteiger partial charge in [0.15, 0.2) is 0 Å². The van der Waals surface area contributed by atoms with Crippen LogP contribution >= 0.6 is 0 Å². The molecule has 0 aliphatic rings. The quantitative estimate of drug-likeness (QED) is 0.850. The lowest BCUT2D eigenvalue weighted by Crippen LogP contribution is -2.45. The average molecular weight is 299 g/mol. The fourth-order valence-electron chi connectivity index (χ4n) is 2.45. The Balaban J connectivity index is 2.03. The molecule has 1 amide bonds. The van der Waals surface area contributed by atoms with Crippen molar-refractivity contribution in [1.29, 1.82) is 0 Å². The normalized spacial score (nSPS) is 11.5. The molecule has 4 heteroatoms. The summed E-state index contributed by atoms with van der Waals surface area (Å²) in [6.07, 6.45) is 5.03. The number of benzene rings is 1. The van der Waals surface area contributed by atoms with E-state index in [0.717, 1.165) is 17.5 Å². The van der Waals surface area contributed by atoms with Crippen molar-refractivity contribution in [3.05, 3.63) is 53.9 Å². The summed E-state index contributed by atoms with van der Waals surface area (Å²) in [5.41, 5.74) is 2.07. The number of amides is 1. The van der Waals surface area contributed by atoms with Gasteiger partial charge in [-0.15, -0.1) is 0 Å². The van der Waals surface area contributed by atoms with Gasteiger partial charge in [-0.05, 0) is 38.3 Å². The third-order valence-electron chi connectivity index (χ3n) is 3.68. The van der Waals surface area contributed by atoms with E-state index in [1.165, 1.54) is 0 Å². The average Bonchev–Trinajstić information content (AvgIpc) is 2.88. The maximum atomic E-state index is 12.7. The summed E-state index contributed by atoms with van der Waals surface area (Å²) in [5.74, 6) is 0.181. The first-order valence-corrected chi connectivity index (χ1v) is 7.68. The summed E-state index contributed by atoms with van der Waals surface area (Å²) in [7, 11) is 1.89. The molecule has 1 aromatic carbocycles. The molecule has 0 saturated heterocycles. The molecule has 0 unspecified atom stereocenters. The van der Waals surface area contributed by atoms with Gasteiger partial charge in [0.25, 0.3) is 0 Å². The highest BCUT2D eigenvalue weighted by Crippen LogP contribution is 2.19. The van der Waals surface area contributed by atoms with E-state index in [1.54, 1.807) is 4.68 Å². The molecule has 22 heavy (non-hydrogen) atoms.